The first-order valence-electron chi connectivity index (χ1n) is 8.84. The Morgan fingerprint density at radius 1 is 1.04 bits per heavy atom. The average molecular weight is 341 g/mol. The highest BCUT2D eigenvalue weighted by atomic mass is 16.1. The molecule has 0 bridgehead atoms. The highest BCUT2D eigenvalue weighted by Crippen LogP contribution is 2.18. The Balaban J connectivity index is 1.99. The van der Waals surface area contributed by atoms with Gasteiger partial charge in [-0.25, -0.2) is 0 Å². The van der Waals surface area contributed by atoms with Crippen molar-refractivity contribution < 1.29 is 4.79 Å². The van der Waals surface area contributed by atoms with Crippen molar-refractivity contribution in [3.63, 3.8) is 0 Å². The van der Waals surface area contributed by atoms with Gasteiger partial charge in [-0.05, 0) is 63.6 Å². The van der Waals surface area contributed by atoms with Gasteiger partial charge in [0.05, 0.1) is 0 Å². The molecule has 1 heterocycles. The van der Waals surface area contributed by atoms with Crippen molar-refractivity contribution in [2.75, 3.05) is 28.6 Å². The van der Waals surface area contributed by atoms with Crippen LogP contribution in [-0.4, -0.2) is 35.2 Å². The molecule has 0 saturated carbocycles. The van der Waals surface area contributed by atoms with Crippen molar-refractivity contribution in [3.8, 4) is 0 Å². The maximum Gasteiger partial charge on any atom is 0.276 e. The van der Waals surface area contributed by atoms with E-state index in [1.807, 2.05) is 24.3 Å². The molecule has 0 radical (unpaired) electrons. The molecule has 2 rings (SSSR count). The first-order chi connectivity index (χ1) is 12.1. The fourth-order valence-corrected chi connectivity index (χ4v) is 2.42. The summed E-state index contributed by atoms with van der Waals surface area (Å²) in [5.41, 5.74) is 2.18. The molecule has 0 aliphatic heterocycles. The molecule has 0 saturated heterocycles. The topological polar surface area (TPSA) is 70.2 Å². The van der Waals surface area contributed by atoms with Crippen LogP contribution in [0.5, 0.6) is 0 Å². The second-order valence-electron chi connectivity index (χ2n) is 5.93. The SMILES string of the molecule is CCC(C)Nc1ccc(C(=O)Nc2ccc(N(CC)CC)cc2)nn1. The lowest BCUT2D eigenvalue weighted by atomic mass is 10.2. The third kappa shape index (κ3) is 5.17. The van der Waals surface area contributed by atoms with E-state index in [2.05, 4.69) is 53.4 Å². The lowest BCUT2D eigenvalue weighted by Crippen LogP contribution is -2.21. The molecule has 6 nitrogen and oxygen atoms in total. The number of nitrogens with one attached hydrogen (secondary N) is 2. The standard InChI is InChI=1S/C19H27N5O/c1-5-14(4)20-18-13-12-17(22-23-18)19(25)21-15-8-10-16(11-9-15)24(6-2)7-3/h8-14H,5-7H2,1-4H3,(H,20,23)(H,21,25). The van der Waals surface area contributed by atoms with Crippen molar-refractivity contribution in [3.05, 3.63) is 42.1 Å². The molecule has 0 fully saturated rings. The Bertz CT molecular complexity index is 665. The molecule has 0 aliphatic rings. The monoisotopic (exact) mass is 341 g/mol. The fraction of sp³-hybridized carbons (Fsp3) is 0.421. The Morgan fingerprint density at radius 2 is 1.72 bits per heavy atom. The van der Waals surface area contributed by atoms with E-state index in [-0.39, 0.29) is 5.91 Å². The van der Waals surface area contributed by atoms with Crippen LogP contribution in [0.25, 0.3) is 0 Å². The lowest BCUT2D eigenvalue weighted by Gasteiger charge is -2.21. The number of amides is 1. The predicted octanol–water partition coefficient (Wildman–Crippen LogP) is 3.79. The minimum absolute atomic E-state index is 0.266. The molecule has 2 aromatic rings. The number of hydrogen-bond donors (Lipinski definition) is 2. The molecule has 1 atom stereocenters. The molecule has 1 amide bonds. The summed E-state index contributed by atoms with van der Waals surface area (Å²) in [6, 6.07) is 11.6. The number of benzene rings is 1. The molecule has 1 aromatic carbocycles. The van der Waals surface area contributed by atoms with Crippen LogP contribution < -0.4 is 15.5 Å². The fourth-order valence-electron chi connectivity index (χ4n) is 2.42. The molecule has 0 spiro atoms. The van der Waals surface area contributed by atoms with Crippen molar-refractivity contribution >= 4 is 23.1 Å². The highest BCUT2D eigenvalue weighted by molar-refractivity contribution is 6.02. The second-order valence-corrected chi connectivity index (χ2v) is 5.93. The van der Waals surface area contributed by atoms with Gasteiger partial charge in [-0.1, -0.05) is 6.92 Å². The third-order valence-electron chi connectivity index (χ3n) is 4.16. The van der Waals surface area contributed by atoms with Crippen LogP contribution in [0.4, 0.5) is 17.2 Å². The van der Waals surface area contributed by atoms with Crippen molar-refractivity contribution in [2.45, 2.75) is 40.2 Å². The van der Waals surface area contributed by atoms with E-state index in [0.717, 1.165) is 30.9 Å². The van der Waals surface area contributed by atoms with Gasteiger partial charge in [-0.3, -0.25) is 4.79 Å². The minimum atomic E-state index is -0.266. The molecular formula is C19H27N5O. The molecule has 6 heteroatoms. The summed E-state index contributed by atoms with van der Waals surface area (Å²) < 4.78 is 0. The van der Waals surface area contributed by atoms with Gasteiger partial charge in [-0.2, -0.15) is 0 Å². The molecule has 1 aromatic heterocycles. The summed E-state index contributed by atoms with van der Waals surface area (Å²) in [5, 5.41) is 14.1. The molecule has 25 heavy (non-hydrogen) atoms. The van der Waals surface area contributed by atoms with Crippen LogP contribution in [0.2, 0.25) is 0 Å². The van der Waals surface area contributed by atoms with Gasteiger partial charge >= 0.3 is 0 Å². The number of nitrogens with zero attached hydrogens (tertiary/aromatic N) is 3. The smallest absolute Gasteiger partial charge is 0.276 e. The van der Waals surface area contributed by atoms with Gasteiger partial charge in [0.1, 0.15) is 5.82 Å². The van der Waals surface area contributed by atoms with E-state index >= 15 is 0 Å². The summed E-state index contributed by atoms with van der Waals surface area (Å²) in [5.74, 6) is 0.410. The van der Waals surface area contributed by atoms with Gasteiger partial charge < -0.3 is 15.5 Å². The summed E-state index contributed by atoms with van der Waals surface area (Å²) in [7, 11) is 0. The summed E-state index contributed by atoms with van der Waals surface area (Å²) in [4.78, 5) is 14.5. The Labute approximate surface area is 149 Å². The van der Waals surface area contributed by atoms with Crippen molar-refractivity contribution in [1.82, 2.24) is 10.2 Å². The number of aromatic nitrogens is 2. The number of rotatable bonds is 8. The van der Waals surface area contributed by atoms with Gasteiger partial charge in [0, 0.05) is 30.5 Å². The summed E-state index contributed by atoms with van der Waals surface area (Å²) >= 11 is 0. The second kappa shape index (κ2) is 9.01. The Hall–Kier alpha value is -2.63. The van der Waals surface area contributed by atoms with Gasteiger partial charge in [0.15, 0.2) is 5.69 Å². The van der Waals surface area contributed by atoms with Crippen molar-refractivity contribution in [1.29, 1.82) is 0 Å². The zero-order valence-electron chi connectivity index (χ0n) is 15.4. The molecule has 0 aliphatic carbocycles. The number of carbonyl (C=O) groups is 1. The minimum Gasteiger partial charge on any atom is -0.372 e. The quantitative estimate of drug-likeness (QED) is 0.764. The van der Waals surface area contributed by atoms with Gasteiger partial charge in [0.25, 0.3) is 5.91 Å². The van der Waals surface area contributed by atoms with Crippen LogP contribution in [0.1, 0.15) is 44.6 Å². The van der Waals surface area contributed by atoms with E-state index < -0.39 is 0 Å². The Kier molecular flexibility index (Phi) is 6.74. The van der Waals surface area contributed by atoms with E-state index in [9.17, 15) is 4.79 Å². The number of anilines is 3. The van der Waals surface area contributed by atoms with Crippen LogP contribution in [-0.2, 0) is 0 Å². The normalized spacial score (nSPS) is 11.7. The maximum absolute atomic E-state index is 12.3. The molecule has 134 valence electrons. The van der Waals surface area contributed by atoms with Gasteiger partial charge in [0.2, 0.25) is 0 Å². The number of hydrogen-bond acceptors (Lipinski definition) is 5. The van der Waals surface area contributed by atoms with E-state index in [1.165, 1.54) is 0 Å². The van der Waals surface area contributed by atoms with Crippen LogP contribution >= 0.6 is 0 Å². The zero-order chi connectivity index (χ0) is 18.2. The van der Waals surface area contributed by atoms with Crippen LogP contribution in [0.15, 0.2) is 36.4 Å². The first-order valence-corrected chi connectivity index (χ1v) is 8.84. The lowest BCUT2D eigenvalue weighted by molar-refractivity contribution is 0.102. The highest BCUT2D eigenvalue weighted by Gasteiger charge is 2.10. The van der Waals surface area contributed by atoms with Crippen molar-refractivity contribution in [2.24, 2.45) is 0 Å². The number of carbonyl (C=O) groups excluding carboxylic acids is 1. The van der Waals surface area contributed by atoms with E-state index in [4.69, 9.17) is 0 Å². The Morgan fingerprint density at radius 3 is 2.24 bits per heavy atom. The van der Waals surface area contributed by atoms with E-state index in [0.29, 0.717) is 17.6 Å². The third-order valence-corrected chi connectivity index (χ3v) is 4.16. The molecule has 1 unspecified atom stereocenters. The molecule has 2 N–H and O–H groups in total. The molecular weight excluding hydrogens is 314 g/mol. The maximum atomic E-state index is 12.3. The largest absolute Gasteiger partial charge is 0.372 e. The summed E-state index contributed by atoms with van der Waals surface area (Å²) in [6.07, 6.45) is 0.993. The predicted molar refractivity (Wildman–Crippen MR) is 103 cm³/mol. The zero-order valence-corrected chi connectivity index (χ0v) is 15.4. The van der Waals surface area contributed by atoms with Crippen LogP contribution in [0.3, 0.4) is 0 Å². The van der Waals surface area contributed by atoms with Gasteiger partial charge in [-0.15, -0.1) is 10.2 Å². The summed E-state index contributed by atoms with van der Waals surface area (Å²) in [6.45, 7) is 10.3. The first kappa shape index (κ1) is 18.7. The average Bonchev–Trinajstić information content (AvgIpc) is 2.64. The van der Waals surface area contributed by atoms with Crippen LogP contribution in [0, 0.1) is 0 Å². The van der Waals surface area contributed by atoms with E-state index in [1.54, 1.807) is 12.1 Å².